The van der Waals surface area contributed by atoms with E-state index in [2.05, 4.69) is 10.3 Å². The van der Waals surface area contributed by atoms with Crippen molar-refractivity contribution in [2.45, 2.75) is 18.9 Å². The van der Waals surface area contributed by atoms with Crippen LogP contribution in [0.15, 0.2) is 58.8 Å². The summed E-state index contributed by atoms with van der Waals surface area (Å²) in [5.41, 5.74) is 1.22. The molecule has 9 heteroatoms. The van der Waals surface area contributed by atoms with Crippen molar-refractivity contribution in [3.8, 4) is 11.5 Å². The number of methoxy groups -OCH3 is 1. The van der Waals surface area contributed by atoms with Gasteiger partial charge in [0, 0.05) is 29.5 Å². The lowest BCUT2D eigenvalue weighted by molar-refractivity contribution is -0.116. The number of hydrogen-bond donors (Lipinski definition) is 1. The third-order valence-electron chi connectivity index (χ3n) is 5.44. The average Bonchev–Trinajstić information content (AvgIpc) is 3.26. The average molecular weight is 451 g/mol. The molecule has 0 bridgehead atoms. The molecule has 1 amide bonds. The number of ether oxygens (including phenoxy) is 2. The number of nitrogens with one attached hydrogen (secondary N) is 1. The molecule has 4 aromatic rings. The standard InChI is InChI=1S/C23H18FN3O4S/c1-30-18-10-13(6-7-17(18)31-12-14-4-2-3-5-16(14)24)15-11-19(28)25-21-20(15)22(29)26-23-27(21)8-9-32-23/h2-10,15H,11-12H2,1H3,(H,25,28)/t15-/m0/s1. The van der Waals surface area contributed by atoms with Crippen LogP contribution in [0.25, 0.3) is 4.96 Å². The zero-order valence-electron chi connectivity index (χ0n) is 17.0. The molecule has 1 aliphatic rings. The predicted molar refractivity (Wildman–Crippen MR) is 118 cm³/mol. The molecule has 0 spiro atoms. The Morgan fingerprint density at radius 2 is 2.06 bits per heavy atom. The highest BCUT2D eigenvalue weighted by atomic mass is 32.1. The number of anilines is 1. The van der Waals surface area contributed by atoms with E-state index in [9.17, 15) is 14.0 Å². The number of aromatic nitrogens is 2. The fourth-order valence-electron chi connectivity index (χ4n) is 3.89. The molecule has 7 nitrogen and oxygen atoms in total. The van der Waals surface area contributed by atoms with Crippen LogP contribution in [0.2, 0.25) is 0 Å². The molecule has 162 valence electrons. The number of amides is 1. The van der Waals surface area contributed by atoms with Gasteiger partial charge in [0.1, 0.15) is 18.2 Å². The SMILES string of the molecule is COc1cc([C@@H]2CC(=O)Nc3c2c(=O)nc2sccn32)ccc1OCc1ccccc1F. The van der Waals surface area contributed by atoms with Crippen LogP contribution in [0.1, 0.15) is 29.0 Å². The van der Waals surface area contributed by atoms with Crippen molar-refractivity contribution in [3.05, 3.63) is 86.9 Å². The maximum atomic E-state index is 13.9. The molecule has 1 N–H and O–H groups in total. The number of benzene rings is 2. The molecule has 1 aliphatic heterocycles. The van der Waals surface area contributed by atoms with Crippen molar-refractivity contribution in [1.82, 2.24) is 9.38 Å². The Bertz CT molecular complexity index is 1400. The van der Waals surface area contributed by atoms with Gasteiger partial charge in [-0.2, -0.15) is 4.98 Å². The van der Waals surface area contributed by atoms with Crippen molar-refractivity contribution in [2.75, 3.05) is 12.4 Å². The van der Waals surface area contributed by atoms with Crippen molar-refractivity contribution in [3.63, 3.8) is 0 Å². The van der Waals surface area contributed by atoms with Gasteiger partial charge in [-0.15, -0.1) is 11.3 Å². The lowest BCUT2D eigenvalue weighted by atomic mass is 9.86. The number of hydrogen-bond acceptors (Lipinski definition) is 6. The first-order valence-corrected chi connectivity index (χ1v) is 10.8. The Hall–Kier alpha value is -3.72. The Morgan fingerprint density at radius 3 is 2.88 bits per heavy atom. The summed E-state index contributed by atoms with van der Waals surface area (Å²) in [6.45, 7) is 0.0401. The fourth-order valence-corrected chi connectivity index (χ4v) is 4.59. The van der Waals surface area contributed by atoms with E-state index in [-0.39, 0.29) is 30.3 Å². The summed E-state index contributed by atoms with van der Waals surface area (Å²) in [7, 11) is 1.50. The van der Waals surface area contributed by atoms with Crippen LogP contribution in [-0.4, -0.2) is 22.4 Å². The summed E-state index contributed by atoms with van der Waals surface area (Å²) in [6.07, 6.45) is 1.88. The van der Waals surface area contributed by atoms with E-state index < -0.39 is 5.92 Å². The third-order valence-corrected chi connectivity index (χ3v) is 6.20. The number of rotatable bonds is 5. The van der Waals surface area contributed by atoms with Crippen LogP contribution in [0.4, 0.5) is 10.2 Å². The smallest absolute Gasteiger partial charge is 0.279 e. The molecule has 32 heavy (non-hydrogen) atoms. The number of halogens is 1. The minimum absolute atomic E-state index is 0.0401. The first kappa shape index (κ1) is 20.2. The van der Waals surface area contributed by atoms with Crippen LogP contribution in [0, 0.1) is 5.82 Å². The number of fused-ring (bicyclic) bond motifs is 3. The van der Waals surface area contributed by atoms with Gasteiger partial charge < -0.3 is 14.8 Å². The van der Waals surface area contributed by atoms with Crippen LogP contribution >= 0.6 is 11.3 Å². The second kappa shape index (κ2) is 8.08. The lowest BCUT2D eigenvalue weighted by Gasteiger charge is -2.26. The monoisotopic (exact) mass is 451 g/mol. The van der Waals surface area contributed by atoms with E-state index >= 15 is 0 Å². The van der Waals surface area contributed by atoms with Crippen LogP contribution < -0.4 is 20.3 Å². The Morgan fingerprint density at radius 1 is 1.22 bits per heavy atom. The van der Waals surface area contributed by atoms with Gasteiger partial charge in [0.25, 0.3) is 5.56 Å². The van der Waals surface area contributed by atoms with Gasteiger partial charge in [-0.1, -0.05) is 24.3 Å². The largest absolute Gasteiger partial charge is 0.493 e. The maximum absolute atomic E-state index is 13.9. The van der Waals surface area contributed by atoms with Gasteiger partial charge in [-0.3, -0.25) is 14.0 Å². The van der Waals surface area contributed by atoms with Gasteiger partial charge in [0.15, 0.2) is 16.5 Å². The highest BCUT2D eigenvalue weighted by molar-refractivity contribution is 7.15. The predicted octanol–water partition coefficient (Wildman–Crippen LogP) is 3.96. The molecular weight excluding hydrogens is 433 g/mol. The molecule has 2 aromatic heterocycles. The number of thiazole rings is 1. The Labute approximate surface area is 186 Å². The van der Waals surface area contributed by atoms with Crippen LogP contribution in [0.3, 0.4) is 0 Å². The molecule has 0 radical (unpaired) electrons. The topological polar surface area (TPSA) is 81.9 Å². The van der Waals surface area contributed by atoms with Crippen molar-refractivity contribution in [2.24, 2.45) is 0 Å². The first-order valence-electron chi connectivity index (χ1n) is 9.89. The van der Waals surface area contributed by atoms with Gasteiger partial charge in [-0.05, 0) is 23.8 Å². The lowest BCUT2D eigenvalue weighted by Crippen LogP contribution is -2.31. The van der Waals surface area contributed by atoms with Gasteiger partial charge >= 0.3 is 0 Å². The Kier molecular flexibility index (Phi) is 5.10. The van der Waals surface area contributed by atoms with Crippen molar-refractivity contribution < 1.29 is 18.7 Å². The summed E-state index contributed by atoms with van der Waals surface area (Å²) in [5.74, 6) is 0.290. The van der Waals surface area contributed by atoms with Gasteiger partial charge in [-0.25, -0.2) is 4.39 Å². The molecule has 0 saturated carbocycles. The van der Waals surface area contributed by atoms with E-state index in [1.807, 2.05) is 5.38 Å². The summed E-state index contributed by atoms with van der Waals surface area (Å²) in [6, 6.07) is 11.6. The summed E-state index contributed by atoms with van der Waals surface area (Å²) in [5, 5.41) is 4.62. The first-order chi connectivity index (χ1) is 15.5. The summed E-state index contributed by atoms with van der Waals surface area (Å²) < 4.78 is 26.9. The van der Waals surface area contributed by atoms with Gasteiger partial charge in [0.2, 0.25) is 5.91 Å². The van der Waals surface area contributed by atoms with Crippen molar-refractivity contribution in [1.29, 1.82) is 0 Å². The molecule has 0 unspecified atom stereocenters. The Balaban J connectivity index is 1.51. The molecule has 3 heterocycles. The molecule has 5 rings (SSSR count). The third kappa shape index (κ3) is 3.50. The highest BCUT2D eigenvalue weighted by Gasteiger charge is 2.32. The fraction of sp³-hybridized carbons (Fsp3) is 0.174. The van der Waals surface area contributed by atoms with E-state index in [4.69, 9.17) is 9.47 Å². The van der Waals surface area contributed by atoms with Crippen LogP contribution in [0.5, 0.6) is 11.5 Å². The van der Waals surface area contributed by atoms with E-state index in [1.165, 1.54) is 24.5 Å². The summed E-state index contributed by atoms with van der Waals surface area (Å²) in [4.78, 5) is 30.0. The second-order valence-corrected chi connectivity index (χ2v) is 8.20. The van der Waals surface area contributed by atoms with Gasteiger partial charge in [0.05, 0.1) is 12.7 Å². The molecular formula is C23H18FN3O4S. The number of carbonyl (C=O) groups excluding carboxylic acids is 1. The highest BCUT2D eigenvalue weighted by Crippen LogP contribution is 2.39. The molecule has 0 fully saturated rings. The molecule has 0 saturated heterocycles. The van der Waals surface area contributed by atoms with Crippen LogP contribution in [-0.2, 0) is 11.4 Å². The molecule has 0 aliphatic carbocycles. The zero-order chi connectivity index (χ0) is 22.2. The molecule has 1 atom stereocenters. The maximum Gasteiger partial charge on any atom is 0.279 e. The van der Waals surface area contributed by atoms with E-state index in [0.717, 1.165) is 5.56 Å². The van der Waals surface area contributed by atoms with E-state index in [1.54, 1.807) is 47.0 Å². The normalized spacial score (nSPS) is 15.3. The summed E-state index contributed by atoms with van der Waals surface area (Å²) >= 11 is 1.32. The van der Waals surface area contributed by atoms with Crippen molar-refractivity contribution >= 4 is 28.0 Å². The molecule has 2 aromatic carbocycles. The second-order valence-electron chi connectivity index (χ2n) is 7.33. The quantitative estimate of drug-likeness (QED) is 0.497. The minimum atomic E-state index is -0.481. The van der Waals surface area contributed by atoms with E-state index in [0.29, 0.717) is 33.4 Å². The number of nitrogens with zero attached hydrogens (tertiary/aromatic N) is 2. The zero-order valence-corrected chi connectivity index (χ0v) is 17.8. The number of carbonyl (C=O) groups is 1. The minimum Gasteiger partial charge on any atom is -0.493 e.